The van der Waals surface area contributed by atoms with Gasteiger partial charge in [-0.2, -0.15) is 0 Å². The fourth-order valence-corrected chi connectivity index (χ4v) is 5.18. The molecule has 1 aliphatic carbocycles. The molecule has 3 amide bonds. The Balaban J connectivity index is 1.67. The van der Waals surface area contributed by atoms with Crippen LogP contribution < -0.4 is 22.3 Å². The number of morpholine rings is 1. The molecule has 0 radical (unpaired) electrons. The van der Waals surface area contributed by atoms with Crippen LogP contribution in [-0.2, 0) is 21.7 Å². The summed E-state index contributed by atoms with van der Waals surface area (Å²) in [6.07, 6.45) is 3.64. The summed E-state index contributed by atoms with van der Waals surface area (Å²) >= 11 is 0. The second-order valence-corrected chi connectivity index (χ2v) is 10.6. The highest BCUT2D eigenvalue weighted by molar-refractivity contribution is 5.99. The zero-order valence-corrected chi connectivity index (χ0v) is 22.2. The zero-order valence-electron chi connectivity index (χ0n) is 22.2. The maximum absolute atomic E-state index is 13.9. The first-order chi connectivity index (χ1) is 18.6. The molecule has 204 valence electrons. The van der Waals surface area contributed by atoms with Gasteiger partial charge in [-0.25, -0.2) is 9.59 Å². The van der Waals surface area contributed by atoms with E-state index in [1.54, 1.807) is 47.0 Å². The minimum Gasteiger partial charge on any atom is -0.357 e. The number of hydrogen-bond acceptors (Lipinski definition) is 5. The maximum Gasteiger partial charge on any atom is 0.331 e. The van der Waals surface area contributed by atoms with Crippen LogP contribution in [0, 0.1) is 5.92 Å². The second kappa shape index (κ2) is 10.2. The Bertz CT molecular complexity index is 1590. The fraction of sp³-hybridized carbons (Fsp3) is 0.379. The van der Waals surface area contributed by atoms with E-state index in [0.717, 1.165) is 18.4 Å². The third-order valence-corrected chi connectivity index (χ3v) is 7.47. The Morgan fingerprint density at radius 1 is 1.21 bits per heavy atom. The molecule has 3 aromatic rings. The molecule has 1 aromatic heterocycles. The Morgan fingerprint density at radius 2 is 1.97 bits per heavy atom. The van der Waals surface area contributed by atoms with Gasteiger partial charge in [0.15, 0.2) is 5.60 Å². The number of ether oxygens (including phenoxy) is 1. The number of carbonyl (C=O) groups excluding carboxylic acids is 2. The highest BCUT2D eigenvalue weighted by Crippen LogP contribution is 2.34. The van der Waals surface area contributed by atoms with Gasteiger partial charge in [-0.1, -0.05) is 30.9 Å². The third kappa shape index (κ3) is 4.87. The molecule has 39 heavy (non-hydrogen) atoms. The number of hydrogen-bond donors (Lipinski definition) is 2. The summed E-state index contributed by atoms with van der Waals surface area (Å²) in [5, 5.41) is 3.21. The summed E-state index contributed by atoms with van der Waals surface area (Å²) in [6, 6.07) is 11.3. The molecule has 2 aliphatic rings. The van der Waals surface area contributed by atoms with E-state index in [0.29, 0.717) is 34.6 Å². The summed E-state index contributed by atoms with van der Waals surface area (Å²) in [5.41, 5.74) is 5.44. The van der Waals surface area contributed by atoms with Gasteiger partial charge in [-0.05, 0) is 68.0 Å². The van der Waals surface area contributed by atoms with E-state index >= 15 is 0 Å². The number of carbonyl (C=O) groups is 2. The van der Waals surface area contributed by atoms with Crippen LogP contribution in [0.1, 0.15) is 43.9 Å². The molecule has 3 N–H and O–H groups in total. The van der Waals surface area contributed by atoms with Crippen molar-refractivity contribution < 1.29 is 14.3 Å². The first-order valence-electron chi connectivity index (χ1n) is 13.2. The van der Waals surface area contributed by atoms with Crippen LogP contribution in [0.5, 0.6) is 0 Å². The zero-order chi connectivity index (χ0) is 27.9. The van der Waals surface area contributed by atoms with Gasteiger partial charge >= 0.3 is 11.7 Å². The van der Waals surface area contributed by atoms with Crippen LogP contribution in [-0.4, -0.2) is 45.7 Å². The van der Waals surface area contributed by atoms with Crippen molar-refractivity contribution in [2.24, 2.45) is 11.7 Å². The van der Waals surface area contributed by atoms with Gasteiger partial charge in [0.25, 0.3) is 11.5 Å². The third-order valence-electron chi connectivity index (χ3n) is 7.47. The molecule has 1 saturated heterocycles. The topological polar surface area (TPSA) is 129 Å². The van der Waals surface area contributed by atoms with Crippen LogP contribution in [0.25, 0.3) is 17.0 Å². The van der Waals surface area contributed by atoms with Crippen LogP contribution in [0.4, 0.5) is 10.5 Å². The number of rotatable bonds is 7. The quantitative estimate of drug-likeness (QED) is 0.484. The van der Waals surface area contributed by atoms with E-state index < -0.39 is 23.1 Å². The monoisotopic (exact) mass is 531 g/mol. The molecule has 10 nitrogen and oxygen atoms in total. The lowest BCUT2D eigenvalue weighted by atomic mass is 9.89. The van der Waals surface area contributed by atoms with Crippen molar-refractivity contribution in [1.82, 2.24) is 14.0 Å². The lowest BCUT2D eigenvalue weighted by Gasteiger charge is -2.41. The number of primary amides is 1. The Kier molecular flexibility index (Phi) is 6.90. The SMILES string of the molecule is C=Cc1cccc(NC(=O)C2(c3ccc4c(c3)c(=O)n(CC3CC3)c(=O)n4C(C)C)CN(C(N)=O)CCO2)c1. The summed E-state index contributed by atoms with van der Waals surface area (Å²) < 4.78 is 9.06. The molecule has 0 bridgehead atoms. The van der Waals surface area contributed by atoms with Crippen molar-refractivity contribution in [3.8, 4) is 0 Å². The number of benzene rings is 2. The standard InChI is InChI=1S/C29H33N5O5/c1-4-19-6-5-7-22(14-19)31-26(36)29(17-32(27(30)37)12-13-39-29)21-10-11-24-23(15-21)25(35)33(16-20-8-9-20)28(38)34(24)18(2)3/h4-7,10-11,14-15,18,20H,1,8-9,12-13,16-17H2,2-3H3,(H2,30,37)(H,31,36). The van der Waals surface area contributed by atoms with Crippen molar-refractivity contribution in [3.63, 3.8) is 0 Å². The van der Waals surface area contributed by atoms with Gasteiger partial charge < -0.3 is 20.7 Å². The van der Waals surface area contributed by atoms with E-state index in [4.69, 9.17) is 10.5 Å². The van der Waals surface area contributed by atoms with E-state index in [1.165, 1.54) is 9.47 Å². The van der Waals surface area contributed by atoms with E-state index in [-0.39, 0.29) is 31.4 Å². The normalized spacial score (nSPS) is 19.3. The Morgan fingerprint density at radius 3 is 2.64 bits per heavy atom. The highest BCUT2D eigenvalue weighted by Gasteiger charge is 2.47. The number of nitrogens with zero attached hydrogens (tertiary/aromatic N) is 3. The predicted molar refractivity (Wildman–Crippen MR) is 150 cm³/mol. The summed E-state index contributed by atoms with van der Waals surface area (Å²) in [4.78, 5) is 54.4. The van der Waals surface area contributed by atoms with Gasteiger partial charge in [0, 0.05) is 24.8 Å². The van der Waals surface area contributed by atoms with Gasteiger partial charge in [-0.3, -0.25) is 18.7 Å². The molecule has 10 heteroatoms. The average molecular weight is 532 g/mol. The number of anilines is 1. The smallest absolute Gasteiger partial charge is 0.331 e. The molecule has 2 heterocycles. The predicted octanol–water partition coefficient (Wildman–Crippen LogP) is 3.04. The van der Waals surface area contributed by atoms with Gasteiger partial charge in [0.2, 0.25) is 0 Å². The van der Waals surface area contributed by atoms with Gasteiger partial charge in [-0.15, -0.1) is 0 Å². The fourth-order valence-electron chi connectivity index (χ4n) is 5.18. The van der Waals surface area contributed by atoms with Crippen LogP contribution in [0.3, 0.4) is 0 Å². The first-order valence-corrected chi connectivity index (χ1v) is 13.2. The van der Waals surface area contributed by atoms with Crippen molar-refractivity contribution in [3.05, 3.63) is 81.0 Å². The van der Waals surface area contributed by atoms with Crippen molar-refractivity contribution >= 4 is 34.6 Å². The van der Waals surface area contributed by atoms with E-state index in [1.807, 2.05) is 19.9 Å². The molecule has 5 rings (SSSR count). The number of nitrogens with two attached hydrogens (primary N) is 1. The maximum atomic E-state index is 13.9. The number of amides is 3. The Hall–Kier alpha value is -4.18. The molecule has 2 aromatic carbocycles. The number of urea groups is 1. The molecule has 2 fully saturated rings. The average Bonchev–Trinajstić information content (AvgIpc) is 3.75. The van der Waals surface area contributed by atoms with Crippen molar-refractivity contribution in [2.75, 3.05) is 25.0 Å². The van der Waals surface area contributed by atoms with Gasteiger partial charge in [0.05, 0.1) is 24.1 Å². The van der Waals surface area contributed by atoms with E-state index in [9.17, 15) is 19.2 Å². The number of aromatic nitrogens is 2. The highest BCUT2D eigenvalue weighted by atomic mass is 16.5. The lowest BCUT2D eigenvalue weighted by Crippen LogP contribution is -2.58. The van der Waals surface area contributed by atoms with Crippen molar-refractivity contribution in [1.29, 1.82) is 0 Å². The minimum atomic E-state index is -1.64. The summed E-state index contributed by atoms with van der Waals surface area (Å²) in [6.45, 7) is 8.07. The molecule has 1 unspecified atom stereocenters. The van der Waals surface area contributed by atoms with Crippen LogP contribution >= 0.6 is 0 Å². The van der Waals surface area contributed by atoms with E-state index in [2.05, 4.69) is 11.9 Å². The molecular weight excluding hydrogens is 498 g/mol. The first kappa shape index (κ1) is 26.4. The van der Waals surface area contributed by atoms with Gasteiger partial charge in [0.1, 0.15) is 0 Å². The lowest BCUT2D eigenvalue weighted by molar-refractivity contribution is -0.153. The summed E-state index contributed by atoms with van der Waals surface area (Å²) in [7, 11) is 0. The molecule has 1 aliphatic heterocycles. The molecule has 1 saturated carbocycles. The molecular formula is C29H33N5O5. The molecule has 0 spiro atoms. The summed E-state index contributed by atoms with van der Waals surface area (Å²) in [5.74, 6) is -0.199. The van der Waals surface area contributed by atoms with Crippen molar-refractivity contribution in [2.45, 2.75) is 44.9 Å². The van der Waals surface area contributed by atoms with Crippen LogP contribution in [0.2, 0.25) is 0 Å². The Labute approximate surface area is 225 Å². The van der Waals surface area contributed by atoms with Crippen LogP contribution in [0.15, 0.2) is 58.6 Å². The number of fused-ring (bicyclic) bond motifs is 1. The minimum absolute atomic E-state index is 0.0680. The number of nitrogens with one attached hydrogen (secondary N) is 1. The largest absolute Gasteiger partial charge is 0.357 e. The second-order valence-electron chi connectivity index (χ2n) is 10.6. The molecule has 1 atom stereocenters.